The summed E-state index contributed by atoms with van der Waals surface area (Å²) in [6.07, 6.45) is 7.45. The average molecular weight is 353 g/mol. The van der Waals surface area contributed by atoms with Crippen LogP contribution < -0.4 is 10.2 Å². The lowest BCUT2D eigenvalue weighted by Crippen LogP contribution is -2.37. The number of hydrogen-bond donors (Lipinski definition) is 2. The van der Waals surface area contributed by atoms with E-state index in [1.165, 1.54) is 43.4 Å². The molecular formula is C17H25BrN2O. The number of benzene rings is 1. The van der Waals surface area contributed by atoms with E-state index in [0.29, 0.717) is 0 Å². The van der Waals surface area contributed by atoms with E-state index in [9.17, 15) is 5.11 Å². The molecule has 3 nitrogen and oxygen atoms in total. The molecular weight excluding hydrogens is 328 g/mol. The average Bonchev–Trinajstić information content (AvgIpc) is 3.32. The zero-order chi connectivity index (χ0) is 14.7. The van der Waals surface area contributed by atoms with Gasteiger partial charge in [0, 0.05) is 23.6 Å². The van der Waals surface area contributed by atoms with E-state index in [1.54, 1.807) is 0 Å². The van der Waals surface area contributed by atoms with Crippen LogP contribution in [0.4, 0.5) is 5.69 Å². The first-order valence-corrected chi connectivity index (χ1v) is 8.96. The molecule has 0 aromatic heterocycles. The summed E-state index contributed by atoms with van der Waals surface area (Å²) in [5.74, 6) is 0. The molecule has 0 radical (unpaired) electrons. The van der Waals surface area contributed by atoms with Crippen molar-refractivity contribution in [3.8, 4) is 0 Å². The molecule has 1 saturated heterocycles. The van der Waals surface area contributed by atoms with Crippen LogP contribution in [-0.2, 0) is 6.54 Å². The Kier molecular flexibility index (Phi) is 5.19. The Labute approximate surface area is 135 Å². The third-order valence-electron chi connectivity index (χ3n) is 4.58. The smallest absolute Gasteiger partial charge is 0.0635 e. The van der Waals surface area contributed by atoms with Crippen molar-refractivity contribution in [2.45, 2.75) is 57.2 Å². The molecule has 1 aliphatic heterocycles. The highest BCUT2D eigenvalue weighted by molar-refractivity contribution is 9.10. The summed E-state index contributed by atoms with van der Waals surface area (Å²) in [6, 6.07) is 7.66. The maximum Gasteiger partial charge on any atom is 0.0635 e. The molecule has 1 aliphatic carbocycles. The number of rotatable bonds is 5. The number of nitrogens with zero attached hydrogens (tertiary/aromatic N) is 1. The van der Waals surface area contributed by atoms with Gasteiger partial charge in [0.05, 0.1) is 18.3 Å². The molecule has 2 N–H and O–H groups in total. The molecule has 1 atom stereocenters. The predicted octanol–water partition coefficient (Wildman–Crippen LogP) is 3.44. The largest absolute Gasteiger partial charge is 0.394 e. The molecule has 1 unspecified atom stereocenters. The summed E-state index contributed by atoms with van der Waals surface area (Å²) in [5.41, 5.74) is 2.55. The second-order valence-corrected chi connectivity index (χ2v) is 7.17. The van der Waals surface area contributed by atoms with Gasteiger partial charge in [-0.2, -0.15) is 0 Å². The fourth-order valence-electron chi connectivity index (χ4n) is 3.13. The van der Waals surface area contributed by atoms with Gasteiger partial charge < -0.3 is 15.3 Å². The highest BCUT2D eigenvalue weighted by Gasteiger charge is 2.23. The van der Waals surface area contributed by atoms with E-state index in [4.69, 9.17) is 0 Å². The van der Waals surface area contributed by atoms with Crippen molar-refractivity contribution in [2.24, 2.45) is 0 Å². The van der Waals surface area contributed by atoms with Crippen molar-refractivity contribution < 1.29 is 5.11 Å². The zero-order valence-electron chi connectivity index (χ0n) is 12.5. The minimum atomic E-state index is 0.247. The number of aliphatic hydroxyl groups excluding tert-OH is 1. The van der Waals surface area contributed by atoms with Crippen molar-refractivity contribution in [3.05, 3.63) is 28.2 Å². The van der Waals surface area contributed by atoms with Gasteiger partial charge in [0.1, 0.15) is 0 Å². The molecule has 0 bridgehead atoms. The lowest BCUT2D eigenvalue weighted by Gasteiger charge is -2.32. The van der Waals surface area contributed by atoms with E-state index in [-0.39, 0.29) is 12.6 Å². The highest BCUT2D eigenvalue weighted by Crippen LogP contribution is 2.32. The number of anilines is 1. The number of aliphatic hydroxyl groups is 1. The van der Waals surface area contributed by atoms with Crippen molar-refractivity contribution in [1.29, 1.82) is 0 Å². The van der Waals surface area contributed by atoms with Crippen molar-refractivity contribution in [3.63, 3.8) is 0 Å². The second-order valence-electron chi connectivity index (χ2n) is 6.32. The van der Waals surface area contributed by atoms with Gasteiger partial charge in [-0.3, -0.25) is 0 Å². The molecule has 0 spiro atoms. The van der Waals surface area contributed by atoms with Gasteiger partial charge in [-0.1, -0.05) is 18.9 Å². The third-order valence-corrected chi connectivity index (χ3v) is 5.22. The molecule has 1 heterocycles. The van der Waals surface area contributed by atoms with Crippen molar-refractivity contribution in [1.82, 2.24) is 5.32 Å². The summed E-state index contributed by atoms with van der Waals surface area (Å²) < 4.78 is 1.15. The molecule has 2 fully saturated rings. The summed E-state index contributed by atoms with van der Waals surface area (Å²) in [7, 11) is 0. The first kappa shape index (κ1) is 15.3. The van der Waals surface area contributed by atoms with Gasteiger partial charge in [0.15, 0.2) is 0 Å². The van der Waals surface area contributed by atoms with Crippen molar-refractivity contribution >= 4 is 21.6 Å². The Bertz CT molecular complexity index is 476. The minimum Gasteiger partial charge on any atom is -0.394 e. The standard InChI is InChI=1S/C17H25BrN2O/c18-16-10-13(11-19-14-6-7-14)5-8-17(16)20-9-3-1-2-4-15(20)12-21/h5,8,10,14-15,19,21H,1-4,6-7,9,11-12H2. The van der Waals surface area contributed by atoms with Crippen LogP contribution in [0.25, 0.3) is 0 Å². The topological polar surface area (TPSA) is 35.5 Å². The normalized spacial score (nSPS) is 23.1. The fourth-order valence-corrected chi connectivity index (χ4v) is 3.78. The maximum absolute atomic E-state index is 9.68. The molecule has 3 rings (SSSR count). The van der Waals surface area contributed by atoms with Crippen LogP contribution in [0.2, 0.25) is 0 Å². The predicted molar refractivity (Wildman–Crippen MR) is 90.7 cm³/mol. The van der Waals surface area contributed by atoms with Crippen LogP contribution in [-0.4, -0.2) is 30.3 Å². The van der Waals surface area contributed by atoms with Crippen LogP contribution in [0.1, 0.15) is 44.1 Å². The number of nitrogens with one attached hydrogen (secondary N) is 1. The molecule has 1 saturated carbocycles. The van der Waals surface area contributed by atoms with E-state index < -0.39 is 0 Å². The quantitative estimate of drug-likeness (QED) is 0.851. The Morgan fingerprint density at radius 3 is 2.76 bits per heavy atom. The van der Waals surface area contributed by atoms with Gasteiger partial charge >= 0.3 is 0 Å². The molecule has 116 valence electrons. The van der Waals surface area contributed by atoms with Crippen LogP contribution in [0.15, 0.2) is 22.7 Å². The maximum atomic E-state index is 9.68. The van der Waals surface area contributed by atoms with Gasteiger partial charge in [-0.25, -0.2) is 0 Å². The molecule has 1 aromatic rings. The molecule has 21 heavy (non-hydrogen) atoms. The Morgan fingerprint density at radius 1 is 1.19 bits per heavy atom. The SMILES string of the molecule is OCC1CCCCCN1c1ccc(CNC2CC2)cc1Br. The first-order chi connectivity index (χ1) is 10.3. The summed E-state index contributed by atoms with van der Waals surface area (Å²) in [6.45, 7) is 2.24. The van der Waals surface area contributed by atoms with Crippen LogP contribution >= 0.6 is 15.9 Å². The minimum absolute atomic E-state index is 0.247. The van der Waals surface area contributed by atoms with Crippen LogP contribution in [0, 0.1) is 0 Å². The highest BCUT2D eigenvalue weighted by atomic mass is 79.9. The van der Waals surface area contributed by atoms with Crippen LogP contribution in [0.5, 0.6) is 0 Å². The second kappa shape index (κ2) is 7.12. The molecule has 1 aromatic carbocycles. The zero-order valence-corrected chi connectivity index (χ0v) is 14.1. The van der Waals surface area contributed by atoms with Gasteiger partial charge in [-0.15, -0.1) is 0 Å². The molecule has 2 aliphatic rings. The van der Waals surface area contributed by atoms with E-state index in [0.717, 1.165) is 30.0 Å². The van der Waals surface area contributed by atoms with Crippen molar-refractivity contribution in [2.75, 3.05) is 18.1 Å². The Hall–Kier alpha value is -0.580. The number of halogens is 1. The lowest BCUT2D eigenvalue weighted by molar-refractivity contribution is 0.255. The summed E-state index contributed by atoms with van der Waals surface area (Å²) >= 11 is 3.74. The lowest BCUT2D eigenvalue weighted by atomic mass is 10.1. The van der Waals surface area contributed by atoms with Gasteiger partial charge in [-0.05, 0) is 59.3 Å². The fraction of sp³-hybridized carbons (Fsp3) is 0.647. The van der Waals surface area contributed by atoms with E-state index in [2.05, 4.69) is 44.3 Å². The Balaban J connectivity index is 1.73. The van der Waals surface area contributed by atoms with Crippen LogP contribution in [0.3, 0.4) is 0 Å². The van der Waals surface area contributed by atoms with Gasteiger partial charge in [0.2, 0.25) is 0 Å². The Morgan fingerprint density at radius 2 is 2.05 bits per heavy atom. The number of hydrogen-bond acceptors (Lipinski definition) is 3. The molecule has 4 heteroatoms. The van der Waals surface area contributed by atoms with Gasteiger partial charge in [0.25, 0.3) is 0 Å². The molecule has 0 amide bonds. The first-order valence-electron chi connectivity index (χ1n) is 8.17. The summed E-state index contributed by atoms with van der Waals surface area (Å²) in [4.78, 5) is 2.38. The third kappa shape index (κ3) is 3.99. The van der Waals surface area contributed by atoms with E-state index in [1.807, 2.05) is 0 Å². The summed E-state index contributed by atoms with van der Waals surface area (Å²) in [5, 5.41) is 13.2. The monoisotopic (exact) mass is 352 g/mol. The van der Waals surface area contributed by atoms with E-state index >= 15 is 0 Å².